The predicted molar refractivity (Wildman–Crippen MR) is 44.6 cm³/mol. The van der Waals surface area contributed by atoms with Crippen LogP contribution in [0.4, 0.5) is 0 Å². The summed E-state index contributed by atoms with van der Waals surface area (Å²) in [6.45, 7) is 4.27. The molecule has 0 fully saturated rings. The summed E-state index contributed by atoms with van der Waals surface area (Å²) in [6.07, 6.45) is 6.52. The van der Waals surface area contributed by atoms with Crippen LogP contribution >= 0.6 is 0 Å². The lowest BCUT2D eigenvalue weighted by Crippen LogP contribution is -1.74. The molecule has 0 heterocycles. The van der Waals surface area contributed by atoms with Crippen molar-refractivity contribution >= 4 is 7.28 Å². The zero-order chi connectivity index (χ0) is 6.95. The van der Waals surface area contributed by atoms with Crippen LogP contribution in [0, 0.1) is 0 Å². The third-order valence-corrected chi connectivity index (χ3v) is 0.966. The molecule has 0 saturated heterocycles. The summed E-state index contributed by atoms with van der Waals surface area (Å²) in [5, 5.41) is 0. The molecule has 1 heteroatoms. The summed E-state index contributed by atoms with van der Waals surface area (Å²) in [5.41, 5.74) is 0. The van der Waals surface area contributed by atoms with Crippen molar-refractivity contribution in [1.29, 1.82) is 0 Å². The fraction of sp³-hybridized carbons (Fsp3) is 0.500. The van der Waals surface area contributed by atoms with Crippen LogP contribution in [-0.2, 0) is 0 Å². The van der Waals surface area contributed by atoms with Crippen LogP contribution in [0.25, 0.3) is 0 Å². The van der Waals surface area contributed by atoms with E-state index in [9.17, 15) is 0 Å². The highest BCUT2D eigenvalue weighted by atomic mass is 13.6. The molecule has 0 atom stereocenters. The highest BCUT2D eigenvalue weighted by Gasteiger charge is 1.71. The maximum atomic E-state index is 2.14. The summed E-state index contributed by atoms with van der Waals surface area (Å²) < 4.78 is 0. The Labute approximate surface area is 58.9 Å². The lowest BCUT2D eigenvalue weighted by atomic mass is 9.78. The summed E-state index contributed by atoms with van der Waals surface area (Å²) in [7, 11) is 2.06. The fourth-order valence-corrected chi connectivity index (χ4v) is 0.493. The van der Waals surface area contributed by atoms with Crippen LogP contribution in [-0.4, -0.2) is 7.28 Å². The van der Waals surface area contributed by atoms with Crippen molar-refractivity contribution < 1.29 is 0 Å². The van der Waals surface area contributed by atoms with Crippen molar-refractivity contribution in [2.24, 2.45) is 0 Å². The average molecular weight is 121 g/mol. The van der Waals surface area contributed by atoms with Gasteiger partial charge in [-0.25, -0.2) is 0 Å². The van der Waals surface area contributed by atoms with E-state index in [1.165, 1.54) is 0 Å². The molecule has 0 rings (SSSR count). The summed E-state index contributed by atoms with van der Waals surface area (Å²) in [4.78, 5) is 0. The number of allylic oxidation sites excluding steroid dienone is 2. The van der Waals surface area contributed by atoms with Crippen LogP contribution < -0.4 is 0 Å². The molecule has 9 heavy (non-hydrogen) atoms. The molecule has 49 valence electrons. The van der Waals surface area contributed by atoms with E-state index in [0.29, 0.717) is 0 Å². The largest absolute Gasteiger partial charge is 0.170 e. The second-order valence-electron chi connectivity index (χ2n) is 1.87. The zero-order valence-electron chi connectivity index (χ0n) is 6.30. The molecule has 0 aromatic carbocycles. The Hall–Kier alpha value is -0.455. The van der Waals surface area contributed by atoms with Crippen molar-refractivity contribution in [3.8, 4) is 0 Å². The van der Waals surface area contributed by atoms with E-state index in [4.69, 9.17) is 0 Å². The monoisotopic (exact) mass is 121 g/mol. The first-order chi connectivity index (χ1) is 4.41. The van der Waals surface area contributed by atoms with Crippen LogP contribution in [0.2, 0.25) is 0 Å². The minimum absolute atomic E-state index is 1.12. The van der Waals surface area contributed by atoms with Gasteiger partial charge in [0.1, 0.15) is 0 Å². The minimum Gasteiger partial charge on any atom is -0.121 e. The Morgan fingerprint density at radius 1 is 1.00 bits per heavy atom. The van der Waals surface area contributed by atoms with E-state index in [1.807, 2.05) is 0 Å². The topological polar surface area (TPSA) is 0 Å². The molecule has 0 saturated carbocycles. The maximum Gasteiger partial charge on any atom is 0.170 e. The Bertz CT molecular complexity index is 80.7. The normalized spacial score (nSPS) is 11.3. The second kappa shape index (κ2) is 7.54. The van der Waals surface area contributed by atoms with Gasteiger partial charge in [-0.1, -0.05) is 26.0 Å². The molecule has 0 bridgehead atoms. The molecule has 1 radical (unpaired) electrons. The van der Waals surface area contributed by atoms with Gasteiger partial charge in [0.2, 0.25) is 0 Å². The molecule has 0 aromatic heterocycles. The molecular formula is C8H14B. The Morgan fingerprint density at radius 3 is 1.78 bits per heavy atom. The first kappa shape index (κ1) is 8.54. The molecule has 0 aliphatic carbocycles. The molecular weight excluding hydrogens is 107 g/mol. The van der Waals surface area contributed by atoms with E-state index in [2.05, 4.69) is 45.2 Å². The van der Waals surface area contributed by atoms with Crippen molar-refractivity contribution in [1.82, 2.24) is 0 Å². The molecule has 0 aliphatic rings. The summed E-state index contributed by atoms with van der Waals surface area (Å²) >= 11 is 0. The van der Waals surface area contributed by atoms with Gasteiger partial charge in [-0.15, -0.1) is 12.0 Å². The van der Waals surface area contributed by atoms with Crippen molar-refractivity contribution in [2.45, 2.75) is 26.7 Å². The maximum absolute atomic E-state index is 2.14. The first-order valence-corrected chi connectivity index (χ1v) is 3.56. The highest BCUT2D eigenvalue weighted by molar-refractivity contribution is 6.48. The summed E-state index contributed by atoms with van der Waals surface area (Å²) in [5.74, 6) is 4.15. The standard InChI is InChI=1S/C8H14B/c1-3-5-7-9-8-6-4-2/h5-8H,3-4H2,1-2H3. The Morgan fingerprint density at radius 2 is 1.44 bits per heavy atom. The third kappa shape index (κ3) is 7.54. The summed E-state index contributed by atoms with van der Waals surface area (Å²) in [6, 6.07) is 0. The number of hydrogen-bond donors (Lipinski definition) is 0. The molecule has 0 amide bonds. The van der Waals surface area contributed by atoms with Gasteiger partial charge in [0, 0.05) is 0 Å². The average Bonchev–Trinajstić information content (AvgIpc) is 1.89. The van der Waals surface area contributed by atoms with Gasteiger partial charge in [0.25, 0.3) is 0 Å². The van der Waals surface area contributed by atoms with Gasteiger partial charge < -0.3 is 0 Å². The lowest BCUT2D eigenvalue weighted by Gasteiger charge is -1.77. The van der Waals surface area contributed by atoms with Crippen LogP contribution in [0.1, 0.15) is 26.7 Å². The Balaban J connectivity index is 3.08. The third-order valence-electron chi connectivity index (χ3n) is 0.966. The van der Waals surface area contributed by atoms with E-state index in [0.717, 1.165) is 12.8 Å². The molecule has 0 unspecified atom stereocenters. The van der Waals surface area contributed by atoms with Crippen molar-refractivity contribution in [3.63, 3.8) is 0 Å². The molecule has 0 aliphatic heterocycles. The van der Waals surface area contributed by atoms with Crippen LogP contribution in [0.3, 0.4) is 0 Å². The first-order valence-electron chi connectivity index (χ1n) is 3.56. The van der Waals surface area contributed by atoms with Gasteiger partial charge in [0.15, 0.2) is 7.28 Å². The molecule has 0 aromatic rings. The van der Waals surface area contributed by atoms with E-state index in [1.54, 1.807) is 0 Å². The molecule has 0 spiro atoms. The SMILES string of the molecule is CCC=C[B]C=CCC. The van der Waals surface area contributed by atoms with Gasteiger partial charge in [-0.3, -0.25) is 0 Å². The van der Waals surface area contributed by atoms with Crippen LogP contribution in [0.5, 0.6) is 0 Å². The number of rotatable bonds is 4. The number of hydrogen-bond acceptors (Lipinski definition) is 0. The van der Waals surface area contributed by atoms with E-state index in [-0.39, 0.29) is 0 Å². The Kier molecular flexibility index (Phi) is 7.16. The molecule has 0 N–H and O–H groups in total. The highest BCUT2D eigenvalue weighted by Crippen LogP contribution is 1.80. The predicted octanol–water partition coefficient (Wildman–Crippen LogP) is 2.54. The van der Waals surface area contributed by atoms with Gasteiger partial charge in [-0.2, -0.15) is 0 Å². The van der Waals surface area contributed by atoms with Crippen molar-refractivity contribution in [2.75, 3.05) is 0 Å². The minimum atomic E-state index is 1.12. The van der Waals surface area contributed by atoms with Gasteiger partial charge >= 0.3 is 0 Å². The van der Waals surface area contributed by atoms with Crippen molar-refractivity contribution in [3.05, 3.63) is 24.1 Å². The zero-order valence-corrected chi connectivity index (χ0v) is 6.30. The lowest BCUT2D eigenvalue weighted by molar-refractivity contribution is 1.23. The van der Waals surface area contributed by atoms with Crippen LogP contribution in [0.15, 0.2) is 24.1 Å². The van der Waals surface area contributed by atoms with E-state index < -0.39 is 0 Å². The second-order valence-corrected chi connectivity index (χ2v) is 1.87. The van der Waals surface area contributed by atoms with Gasteiger partial charge in [0.05, 0.1) is 0 Å². The quantitative estimate of drug-likeness (QED) is 0.501. The van der Waals surface area contributed by atoms with Gasteiger partial charge in [-0.05, 0) is 12.8 Å². The van der Waals surface area contributed by atoms with E-state index >= 15 is 0 Å². The smallest absolute Gasteiger partial charge is 0.121 e. The molecule has 0 nitrogen and oxygen atoms in total. The fourth-order valence-electron chi connectivity index (χ4n) is 0.493.